The largest absolute Gasteiger partial charge is 0.454 e. The Morgan fingerprint density at radius 2 is 2.24 bits per heavy atom. The van der Waals surface area contributed by atoms with Crippen LogP contribution < -0.4 is 14.8 Å². The molecular formula is C14H19NO2. The molecule has 1 unspecified atom stereocenters. The Morgan fingerprint density at radius 3 is 3.00 bits per heavy atom. The summed E-state index contributed by atoms with van der Waals surface area (Å²) >= 11 is 0. The minimum atomic E-state index is 0.353. The van der Waals surface area contributed by atoms with Crippen LogP contribution in [-0.2, 0) is 6.54 Å². The number of rotatable bonds is 5. The lowest BCUT2D eigenvalue weighted by Gasteiger charge is -2.16. The van der Waals surface area contributed by atoms with Gasteiger partial charge in [0.05, 0.1) is 0 Å². The topological polar surface area (TPSA) is 30.5 Å². The van der Waals surface area contributed by atoms with Crippen LogP contribution in [0, 0.1) is 5.92 Å². The Kier molecular flexibility index (Phi) is 2.93. The fraction of sp³-hybridized carbons (Fsp3) is 0.571. The number of ether oxygens (including phenoxy) is 2. The van der Waals surface area contributed by atoms with Crippen molar-refractivity contribution in [2.75, 3.05) is 6.79 Å². The highest BCUT2D eigenvalue weighted by Gasteiger charge is 2.29. The smallest absolute Gasteiger partial charge is 0.231 e. The molecule has 0 bridgehead atoms. The highest BCUT2D eigenvalue weighted by Crippen LogP contribution is 2.37. The number of benzene rings is 1. The van der Waals surface area contributed by atoms with Gasteiger partial charge >= 0.3 is 0 Å². The Hall–Kier alpha value is -1.22. The average Bonchev–Trinajstić information content (AvgIpc) is 3.07. The van der Waals surface area contributed by atoms with Crippen molar-refractivity contribution in [3.8, 4) is 11.5 Å². The van der Waals surface area contributed by atoms with Crippen molar-refractivity contribution in [3.63, 3.8) is 0 Å². The van der Waals surface area contributed by atoms with Gasteiger partial charge in [0.15, 0.2) is 11.5 Å². The summed E-state index contributed by atoms with van der Waals surface area (Å²) in [5, 5.41) is 3.64. The van der Waals surface area contributed by atoms with Crippen LogP contribution in [0.4, 0.5) is 0 Å². The van der Waals surface area contributed by atoms with Crippen LogP contribution in [0.5, 0.6) is 11.5 Å². The van der Waals surface area contributed by atoms with E-state index in [2.05, 4.69) is 18.3 Å². The Balaban J connectivity index is 1.66. The van der Waals surface area contributed by atoms with Crippen molar-refractivity contribution >= 4 is 0 Å². The molecule has 2 aliphatic rings. The molecule has 1 fully saturated rings. The zero-order valence-electron chi connectivity index (χ0n) is 10.2. The maximum Gasteiger partial charge on any atom is 0.231 e. The van der Waals surface area contributed by atoms with Crippen LogP contribution in [0.2, 0.25) is 0 Å². The summed E-state index contributed by atoms with van der Waals surface area (Å²) in [5.74, 6) is 2.70. The quantitative estimate of drug-likeness (QED) is 0.848. The Labute approximate surface area is 102 Å². The minimum Gasteiger partial charge on any atom is -0.454 e. The van der Waals surface area contributed by atoms with Crippen molar-refractivity contribution in [3.05, 3.63) is 23.8 Å². The minimum absolute atomic E-state index is 0.353. The van der Waals surface area contributed by atoms with E-state index in [0.717, 1.165) is 24.0 Å². The molecule has 1 aliphatic heterocycles. The van der Waals surface area contributed by atoms with E-state index in [1.807, 2.05) is 12.1 Å². The molecule has 0 radical (unpaired) electrons. The molecule has 1 heterocycles. The molecule has 1 aliphatic carbocycles. The van der Waals surface area contributed by atoms with Gasteiger partial charge in [-0.15, -0.1) is 0 Å². The second kappa shape index (κ2) is 4.57. The summed E-state index contributed by atoms with van der Waals surface area (Å²) in [6, 6.07) is 6.76. The van der Waals surface area contributed by atoms with Gasteiger partial charge < -0.3 is 14.8 Å². The first-order chi connectivity index (χ1) is 8.38. The first kappa shape index (κ1) is 10.9. The van der Waals surface area contributed by atoms with E-state index in [-0.39, 0.29) is 0 Å². The molecular weight excluding hydrogens is 214 g/mol. The number of para-hydroxylation sites is 1. The maximum atomic E-state index is 5.51. The summed E-state index contributed by atoms with van der Waals surface area (Å²) in [7, 11) is 0. The molecule has 0 amide bonds. The number of hydrogen-bond donors (Lipinski definition) is 1. The zero-order chi connectivity index (χ0) is 11.7. The van der Waals surface area contributed by atoms with Crippen LogP contribution in [0.3, 0.4) is 0 Å². The van der Waals surface area contributed by atoms with Crippen molar-refractivity contribution in [1.29, 1.82) is 0 Å². The normalized spacial score (nSPS) is 19.4. The second-order valence-corrected chi connectivity index (χ2v) is 4.88. The van der Waals surface area contributed by atoms with E-state index in [4.69, 9.17) is 9.47 Å². The molecule has 3 nitrogen and oxygen atoms in total. The zero-order valence-corrected chi connectivity index (χ0v) is 10.2. The highest BCUT2D eigenvalue weighted by atomic mass is 16.7. The van der Waals surface area contributed by atoms with Crippen molar-refractivity contribution in [1.82, 2.24) is 5.32 Å². The van der Waals surface area contributed by atoms with Gasteiger partial charge in [-0.25, -0.2) is 0 Å². The molecule has 92 valence electrons. The van der Waals surface area contributed by atoms with Gasteiger partial charge in [0, 0.05) is 18.2 Å². The highest BCUT2D eigenvalue weighted by molar-refractivity contribution is 5.48. The summed E-state index contributed by atoms with van der Waals surface area (Å²) in [6.45, 7) is 3.48. The molecule has 17 heavy (non-hydrogen) atoms. The third-order valence-corrected chi connectivity index (χ3v) is 3.66. The van der Waals surface area contributed by atoms with Crippen LogP contribution >= 0.6 is 0 Å². The van der Waals surface area contributed by atoms with Gasteiger partial charge in [0.2, 0.25) is 6.79 Å². The van der Waals surface area contributed by atoms with Crippen molar-refractivity contribution in [2.24, 2.45) is 5.92 Å². The molecule has 1 aromatic carbocycles. The summed E-state index contributed by atoms with van der Waals surface area (Å²) in [4.78, 5) is 0. The molecule has 1 aromatic rings. The van der Waals surface area contributed by atoms with E-state index < -0.39 is 0 Å². The second-order valence-electron chi connectivity index (χ2n) is 4.88. The van der Waals surface area contributed by atoms with Gasteiger partial charge in [-0.1, -0.05) is 19.1 Å². The standard InChI is InChI=1S/C14H19NO2/c1-2-12(10-6-7-10)15-8-11-4-3-5-13-14(11)17-9-16-13/h3-5,10,12,15H,2,6-9H2,1H3. The predicted octanol–water partition coefficient (Wildman–Crippen LogP) is 2.69. The monoisotopic (exact) mass is 233 g/mol. The SMILES string of the molecule is CCC(NCc1cccc2c1OCO2)C1CC1. The van der Waals surface area contributed by atoms with Gasteiger partial charge in [-0.3, -0.25) is 0 Å². The lowest BCUT2D eigenvalue weighted by molar-refractivity contribution is 0.173. The van der Waals surface area contributed by atoms with Crippen LogP contribution in [0.15, 0.2) is 18.2 Å². The maximum absolute atomic E-state index is 5.51. The van der Waals surface area contributed by atoms with Crippen molar-refractivity contribution in [2.45, 2.75) is 38.8 Å². The molecule has 3 rings (SSSR count). The van der Waals surface area contributed by atoms with Gasteiger partial charge in [0.1, 0.15) is 0 Å². The first-order valence-electron chi connectivity index (χ1n) is 6.49. The summed E-state index contributed by atoms with van der Waals surface area (Å²) in [5.41, 5.74) is 1.21. The Morgan fingerprint density at radius 1 is 1.35 bits per heavy atom. The summed E-state index contributed by atoms with van der Waals surface area (Å²) < 4.78 is 10.9. The molecule has 0 spiro atoms. The van der Waals surface area contributed by atoms with Crippen molar-refractivity contribution < 1.29 is 9.47 Å². The van der Waals surface area contributed by atoms with Crippen LogP contribution in [0.25, 0.3) is 0 Å². The van der Waals surface area contributed by atoms with E-state index in [0.29, 0.717) is 12.8 Å². The fourth-order valence-electron chi connectivity index (χ4n) is 2.51. The lowest BCUT2D eigenvalue weighted by Crippen LogP contribution is -2.29. The third-order valence-electron chi connectivity index (χ3n) is 3.66. The summed E-state index contributed by atoms with van der Waals surface area (Å²) in [6.07, 6.45) is 3.98. The molecule has 0 aromatic heterocycles. The molecule has 1 N–H and O–H groups in total. The van der Waals surface area contributed by atoms with Gasteiger partial charge in [-0.2, -0.15) is 0 Å². The predicted molar refractivity (Wildman–Crippen MR) is 66.2 cm³/mol. The van der Waals surface area contributed by atoms with E-state index in [1.54, 1.807) is 0 Å². The molecule has 1 atom stereocenters. The van der Waals surface area contributed by atoms with E-state index in [1.165, 1.54) is 24.8 Å². The molecule has 1 saturated carbocycles. The lowest BCUT2D eigenvalue weighted by atomic mass is 10.1. The van der Waals surface area contributed by atoms with Crippen LogP contribution in [-0.4, -0.2) is 12.8 Å². The van der Waals surface area contributed by atoms with E-state index >= 15 is 0 Å². The fourth-order valence-corrected chi connectivity index (χ4v) is 2.51. The third kappa shape index (κ3) is 2.25. The van der Waals surface area contributed by atoms with E-state index in [9.17, 15) is 0 Å². The number of fused-ring (bicyclic) bond motifs is 1. The molecule has 0 saturated heterocycles. The van der Waals surface area contributed by atoms with Gasteiger partial charge in [-0.05, 0) is 31.2 Å². The number of hydrogen-bond acceptors (Lipinski definition) is 3. The average molecular weight is 233 g/mol. The first-order valence-corrected chi connectivity index (χ1v) is 6.49. The van der Waals surface area contributed by atoms with Gasteiger partial charge in [0.25, 0.3) is 0 Å². The molecule has 3 heteroatoms. The number of nitrogens with one attached hydrogen (secondary N) is 1. The Bertz CT molecular complexity index is 401. The van der Waals surface area contributed by atoms with Crippen LogP contribution in [0.1, 0.15) is 31.7 Å².